The van der Waals surface area contributed by atoms with Gasteiger partial charge in [-0.3, -0.25) is 0 Å². The first kappa shape index (κ1) is 9.90. The summed E-state index contributed by atoms with van der Waals surface area (Å²) in [5.74, 6) is 0.944. The van der Waals surface area contributed by atoms with Crippen LogP contribution in [0.3, 0.4) is 0 Å². The predicted molar refractivity (Wildman–Crippen MR) is 65.0 cm³/mol. The summed E-state index contributed by atoms with van der Waals surface area (Å²) >= 11 is 5.94. The van der Waals surface area contributed by atoms with Crippen LogP contribution in [0.15, 0.2) is 12.3 Å². The second-order valence-corrected chi connectivity index (χ2v) is 4.44. The van der Waals surface area contributed by atoms with Crippen LogP contribution in [0.1, 0.15) is 19.3 Å². The van der Waals surface area contributed by atoms with E-state index >= 15 is 0 Å². The number of hydrogen-bond acceptors (Lipinski definition) is 3. The van der Waals surface area contributed by atoms with Gasteiger partial charge in [-0.25, -0.2) is 4.98 Å². The second-order valence-electron chi connectivity index (χ2n) is 4.10. The zero-order valence-corrected chi connectivity index (χ0v) is 9.67. The van der Waals surface area contributed by atoms with Crippen LogP contribution in [0.2, 0.25) is 5.28 Å². The van der Waals surface area contributed by atoms with E-state index in [9.17, 15) is 0 Å². The molecule has 2 aromatic heterocycles. The Morgan fingerprint density at radius 3 is 2.81 bits per heavy atom. The fraction of sp³-hybridized carbons (Fsp3) is 0.455. The van der Waals surface area contributed by atoms with Gasteiger partial charge in [0.05, 0.1) is 5.52 Å². The van der Waals surface area contributed by atoms with Gasteiger partial charge in [-0.1, -0.05) is 0 Å². The van der Waals surface area contributed by atoms with Crippen molar-refractivity contribution < 1.29 is 0 Å². The molecule has 1 saturated heterocycles. The monoisotopic (exact) mass is 236 g/mol. The molecule has 16 heavy (non-hydrogen) atoms. The molecule has 84 valence electrons. The minimum Gasteiger partial charge on any atom is -0.357 e. The molecule has 1 N–H and O–H groups in total. The first-order valence-electron chi connectivity index (χ1n) is 5.60. The third-order valence-electron chi connectivity index (χ3n) is 3.02. The molecular formula is C11H13ClN4. The van der Waals surface area contributed by atoms with E-state index in [1.807, 2.05) is 12.3 Å². The van der Waals surface area contributed by atoms with E-state index in [0.29, 0.717) is 5.28 Å². The average molecular weight is 237 g/mol. The first-order chi connectivity index (χ1) is 7.84. The lowest BCUT2D eigenvalue weighted by molar-refractivity contribution is 0.574. The molecule has 4 nitrogen and oxygen atoms in total. The Labute approximate surface area is 98.6 Å². The Kier molecular flexibility index (Phi) is 2.44. The molecule has 1 aliphatic heterocycles. The first-order valence-corrected chi connectivity index (χ1v) is 5.98. The van der Waals surface area contributed by atoms with Crippen molar-refractivity contribution >= 4 is 28.5 Å². The van der Waals surface area contributed by atoms with Gasteiger partial charge in [0.15, 0.2) is 5.82 Å². The summed E-state index contributed by atoms with van der Waals surface area (Å²) < 4.78 is 0. The maximum Gasteiger partial charge on any atom is 0.225 e. The van der Waals surface area contributed by atoms with Crippen LogP contribution in [0.25, 0.3) is 11.0 Å². The molecule has 3 rings (SSSR count). The summed E-state index contributed by atoms with van der Waals surface area (Å²) in [4.78, 5) is 14.0. The lowest BCUT2D eigenvalue weighted by Gasteiger charge is -2.27. The Balaban J connectivity index is 2.09. The topological polar surface area (TPSA) is 44.8 Å². The number of hydrogen-bond donors (Lipinski definition) is 1. The highest BCUT2D eigenvalue weighted by Gasteiger charge is 2.17. The standard InChI is InChI=1S/C11H13ClN4/c12-11-14-8-4-5-13-9(8)10(15-11)16-6-2-1-3-7-16/h4-5,13H,1-3,6-7H2. The molecule has 0 bridgehead atoms. The van der Waals surface area contributed by atoms with Crippen molar-refractivity contribution in [1.82, 2.24) is 15.0 Å². The summed E-state index contributed by atoms with van der Waals surface area (Å²) in [6.07, 6.45) is 5.64. The number of aromatic nitrogens is 3. The molecule has 2 aromatic rings. The van der Waals surface area contributed by atoms with Crippen LogP contribution < -0.4 is 4.90 Å². The van der Waals surface area contributed by atoms with Gasteiger partial charge in [0.25, 0.3) is 0 Å². The van der Waals surface area contributed by atoms with Crippen LogP contribution in [-0.4, -0.2) is 28.0 Å². The number of halogens is 1. The number of nitrogens with one attached hydrogen (secondary N) is 1. The molecule has 0 unspecified atom stereocenters. The third kappa shape index (κ3) is 1.63. The molecular weight excluding hydrogens is 224 g/mol. The van der Waals surface area contributed by atoms with Crippen LogP contribution in [0.4, 0.5) is 5.82 Å². The summed E-state index contributed by atoms with van der Waals surface area (Å²) in [7, 11) is 0. The van der Waals surface area contributed by atoms with Crippen molar-refractivity contribution in [3.05, 3.63) is 17.5 Å². The van der Waals surface area contributed by atoms with Crippen LogP contribution in [0.5, 0.6) is 0 Å². The molecule has 0 amide bonds. The fourth-order valence-electron chi connectivity index (χ4n) is 2.24. The highest BCUT2D eigenvalue weighted by atomic mass is 35.5. The molecule has 1 fully saturated rings. The summed E-state index contributed by atoms with van der Waals surface area (Å²) in [5.41, 5.74) is 1.88. The number of nitrogens with zero attached hydrogens (tertiary/aromatic N) is 3. The van der Waals surface area contributed by atoms with Crippen molar-refractivity contribution in [1.29, 1.82) is 0 Å². The zero-order valence-electron chi connectivity index (χ0n) is 8.91. The molecule has 0 radical (unpaired) electrons. The number of rotatable bonds is 1. The van der Waals surface area contributed by atoms with Gasteiger partial charge in [0.1, 0.15) is 5.52 Å². The zero-order chi connectivity index (χ0) is 11.0. The number of H-pyrrole nitrogens is 1. The van der Waals surface area contributed by atoms with Crippen molar-refractivity contribution in [2.45, 2.75) is 19.3 Å². The van der Waals surface area contributed by atoms with E-state index in [2.05, 4.69) is 19.9 Å². The maximum atomic E-state index is 5.94. The quantitative estimate of drug-likeness (QED) is 0.775. The largest absolute Gasteiger partial charge is 0.357 e. The van der Waals surface area contributed by atoms with Gasteiger partial charge in [0.2, 0.25) is 5.28 Å². The molecule has 0 aromatic carbocycles. The molecule has 1 aliphatic rings. The minimum atomic E-state index is 0.327. The van der Waals surface area contributed by atoms with Crippen molar-refractivity contribution in [3.8, 4) is 0 Å². The van der Waals surface area contributed by atoms with Crippen LogP contribution >= 0.6 is 11.6 Å². The van der Waals surface area contributed by atoms with E-state index in [-0.39, 0.29) is 0 Å². The van der Waals surface area contributed by atoms with E-state index in [4.69, 9.17) is 11.6 Å². The minimum absolute atomic E-state index is 0.327. The maximum absolute atomic E-state index is 5.94. The van der Waals surface area contributed by atoms with Gasteiger partial charge in [-0.2, -0.15) is 4.98 Å². The van der Waals surface area contributed by atoms with Gasteiger partial charge in [-0.15, -0.1) is 0 Å². The Bertz CT molecular complexity index is 502. The number of piperidine rings is 1. The molecule has 0 aliphatic carbocycles. The van der Waals surface area contributed by atoms with Crippen molar-refractivity contribution in [2.75, 3.05) is 18.0 Å². The van der Waals surface area contributed by atoms with Gasteiger partial charge < -0.3 is 9.88 Å². The van der Waals surface area contributed by atoms with Gasteiger partial charge in [0, 0.05) is 19.3 Å². The van der Waals surface area contributed by atoms with E-state index in [1.54, 1.807) is 0 Å². The predicted octanol–water partition coefficient (Wildman–Crippen LogP) is 2.60. The van der Waals surface area contributed by atoms with Gasteiger partial charge in [-0.05, 0) is 36.9 Å². The average Bonchev–Trinajstić information content (AvgIpc) is 2.77. The lowest BCUT2D eigenvalue weighted by Crippen LogP contribution is -2.30. The van der Waals surface area contributed by atoms with Crippen LogP contribution in [-0.2, 0) is 0 Å². The SMILES string of the molecule is Clc1nc(N2CCCCC2)c2[nH]ccc2n1. The molecule has 3 heterocycles. The number of fused-ring (bicyclic) bond motifs is 1. The van der Waals surface area contributed by atoms with E-state index in [1.165, 1.54) is 19.3 Å². The van der Waals surface area contributed by atoms with Crippen molar-refractivity contribution in [3.63, 3.8) is 0 Å². The third-order valence-corrected chi connectivity index (χ3v) is 3.18. The highest BCUT2D eigenvalue weighted by molar-refractivity contribution is 6.28. The highest BCUT2D eigenvalue weighted by Crippen LogP contribution is 2.26. The van der Waals surface area contributed by atoms with Crippen LogP contribution in [0, 0.1) is 0 Å². The van der Waals surface area contributed by atoms with E-state index in [0.717, 1.165) is 29.9 Å². The summed E-state index contributed by atoms with van der Waals surface area (Å²) in [6, 6.07) is 1.93. The second kappa shape index (κ2) is 3.94. The fourth-order valence-corrected chi connectivity index (χ4v) is 2.41. The summed E-state index contributed by atoms with van der Waals surface area (Å²) in [6.45, 7) is 2.11. The van der Waals surface area contributed by atoms with Gasteiger partial charge >= 0.3 is 0 Å². The molecule has 5 heteroatoms. The Hall–Kier alpha value is -1.29. The Morgan fingerprint density at radius 2 is 2.00 bits per heavy atom. The summed E-state index contributed by atoms with van der Waals surface area (Å²) in [5, 5.41) is 0.327. The van der Waals surface area contributed by atoms with Crippen molar-refractivity contribution in [2.24, 2.45) is 0 Å². The number of aromatic amines is 1. The number of anilines is 1. The molecule has 0 spiro atoms. The lowest BCUT2D eigenvalue weighted by atomic mass is 10.1. The normalized spacial score (nSPS) is 16.9. The smallest absolute Gasteiger partial charge is 0.225 e. The van der Waals surface area contributed by atoms with E-state index < -0.39 is 0 Å². The Morgan fingerprint density at radius 1 is 1.19 bits per heavy atom. The molecule has 0 saturated carbocycles. The molecule has 0 atom stereocenters.